The Morgan fingerprint density at radius 1 is 1.47 bits per heavy atom. The Balaban J connectivity index is 2.32. The molecule has 0 N–H and O–H groups in total. The summed E-state index contributed by atoms with van der Waals surface area (Å²) in [6, 6.07) is 3.76. The lowest BCUT2D eigenvalue weighted by Crippen LogP contribution is -1.98. The van der Waals surface area contributed by atoms with E-state index in [-0.39, 0.29) is 0 Å². The molecule has 2 aromatic rings. The molecular formula is C10H8N2O2S. The summed E-state index contributed by atoms with van der Waals surface area (Å²) in [6.45, 7) is 0. The van der Waals surface area contributed by atoms with Crippen molar-refractivity contribution in [1.82, 2.24) is 9.97 Å². The van der Waals surface area contributed by atoms with Crippen LogP contribution in [0.1, 0.15) is 9.80 Å². The number of rotatable bonds is 2. The van der Waals surface area contributed by atoms with Gasteiger partial charge < -0.3 is 4.74 Å². The Morgan fingerprint density at radius 2 is 2.33 bits per heavy atom. The number of aromatic nitrogens is 2. The van der Waals surface area contributed by atoms with Crippen molar-refractivity contribution in [2.75, 3.05) is 7.11 Å². The van der Waals surface area contributed by atoms with Crippen LogP contribution in [0, 0.1) is 0 Å². The average Bonchev–Trinajstić information content (AvgIpc) is 2.78. The van der Waals surface area contributed by atoms with Gasteiger partial charge in [-0.25, -0.2) is 9.78 Å². The van der Waals surface area contributed by atoms with E-state index < -0.39 is 5.97 Å². The van der Waals surface area contributed by atoms with Gasteiger partial charge >= 0.3 is 5.97 Å². The first kappa shape index (κ1) is 9.79. The number of esters is 1. The summed E-state index contributed by atoms with van der Waals surface area (Å²) in [6.07, 6.45) is 5.08. The molecule has 0 spiro atoms. The minimum absolute atomic E-state index is 0.358. The topological polar surface area (TPSA) is 52.1 Å². The number of pyridine rings is 1. The molecule has 0 aromatic carbocycles. The second-order valence-corrected chi connectivity index (χ2v) is 3.79. The van der Waals surface area contributed by atoms with Crippen LogP contribution in [0.25, 0.3) is 10.4 Å². The summed E-state index contributed by atoms with van der Waals surface area (Å²) < 4.78 is 4.58. The summed E-state index contributed by atoms with van der Waals surface area (Å²) in [5.74, 6) is -0.407. The Morgan fingerprint density at radius 3 is 3.00 bits per heavy atom. The molecule has 0 atom stereocenters. The maximum absolute atomic E-state index is 11.2. The third-order valence-electron chi connectivity index (χ3n) is 1.81. The lowest BCUT2D eigenvalue weighted by molar-refractivity contribution is 0.0600. The van der Waals surface area contributed by atoms with Crippen molar-refractivity contribution in [1.29, 1.82) is 0 Å². The standard InChI is InChI=1S/C10H8N2O2S/c1-14-10(13)9-12-6-8(15-9)7-3-2-4-11-5-7/h2-6H,1H3. The van der Waals surface area contributed by atoms with Crippen molar-refractivity contribution in [3.8, 4) is 10.4 Å². The van der Waals surface area contributed by atoms with Crippen LogP contribution in [-0.4, -0.2) is 23.0 Å². The van der Waals surface area contributed by atoms with Crippen molar-refractivity contribution in [3.63, 3.8) is 0 Å². The van der Waals surface area contributed by atoms with E-state index in [2.05, 4.69) is 14.7 Å². The van der Waals surface area contributed by atoms with Gasteiger partial charge in [-0.15, -0.1) is 11.3 Å². The Hall–Kier alpha value is -1.75. The first-order chi connectivity index (χ1) is 7.31. The second-order valence-electron chi connectivity index (χ2n) is 2.76. The normalized spacial score (nSPS) is 9.93. The summed E-state index contributed by atoms with van der Waals surface area (Å²) in [7, 11) is 1.34. The molecule has 4 nitrogen and oxygen atoms in total. The van der Waals surface area contributed by atoms with Gasteiger partial charge in [0, 0.05) is 24.2 Å². The fraction of sp³-hybridized carbons (Fsp3) is 0.100. The van der Waals surface area contributed by atoms with Gasteiger partial charge in [-0.05, 0) is 6.07 Å². The lowest BCUT2D eigenvalue weighted by atomic mass is 10.3. The largest absolute Gasteiger partial charge is 0.464 e. The molecule has 0 radical (unpaired) electrons. The molecule has 5 heteroatoms. The fourth-order valence-corrected chi connectivity index (χ4v) is 1.92. The number of hydrogen-bond acceptors (Lipinski definition) is 5. The number of methoxy groups -OCH3 is 1. The van der Waals surface area contributed by atoms with E-state index in [0.717, 1.165) is 10.4 Å². The smallest absolute Gasteiger partial charge is 0.367 e. The summed E-state index contributed by atoms with van der Waals surface area (Å²) in [5.41, 5.74) is 0.949. The molecule has 0 fully saturated rings. The van der Waals surface area contributed by atoms with E-state index in [0.29, 0.717) is 5.01 Å². The molecule has 0 saturated heterocycles. The quantitative estimate of drug-likeness (QED) is 0.726. The zero-order valence-electron chi connectivity index (χ0n) is 8.01. The van der Waals surface area contributed by atoms with Crippen molar-refractivity contribution in [3.05, 3.63) is 35.7 Å². The zero-order chi connectivity index (χ0) is 10.7. The molecule has 2 aromatic heterocycles. The van der Waals surface area contributed by atoms with Crippen LogP contribution in [0.4, 0.5) is 0 Å². The van der Waals surface area contributed by atoms with Crippen molar-refractivity contribution in [2.24, 2.45) is 0 Å². The predicted molar refractivity (Wildman–Crippen MR) is 56.7 cm³/mol. The summed E-state index contributed by atoms with van der Waals surface area (Å²) >= 11 is 1.29. The molecule has 15 heavy (non-hydrogen) atoms. The van der Waals surface area contributed by atoms with Crippen LogP contribution in [0.15, 0.2) is 30.7 Å². The SMILES string of the molecule is COC(=O)c1ncc(-c2cccnc2)s1. The third-order valence-corrected chi connectivity index (χ3v) is 2.84. The van der Waals surface area contributed by atoms with Crippen LogP contribution in [0.3, 0.4) is 0 Å². The first-order valence-electron chi connectivity index (χ1n) is 4.26. The number of ether oxygens (including phenoxy) is 1. The molecule has 0 aliphatic rings. The van der Waals surface area contributed by atoms with E-state index in [4.69, 9.17) is 0 Å². The predicted octanol–water partition coefficient (Wildman–Crippen LogP) is 1.99. The van der Waals surface area contributed by atoms with Gasteiger partial charge in [0.15, 0.2) is 0 Å². The molecule has 76 valence electrons. The van der Waals surface area contributed by atoms with Crippen LogP contribution < -0.4 is 0 Å². The van der Waals surface area contributed by atoms with Crippen LogP contribution >= 0.6 is 11.3 Å². The van der Waals surface area contributed by atoms with Crippen LogP contribution in [-0.2, 0) is 4.74 Å². The van der Waals surface area contributed by atoms with Gasteiger partial charge in [0.1, 0.15) is 0 Å². The highest BCUT2D eigenvalue weighted by Gasteiger charge is 2.11. The van der Waals surface area contributed by atoms with Gasteiger partial charge in [-0.2, -0.15) is 0 Å². The van der Waals surface area contributed by atoms with E-state index in [1.165, 1.54) is 18.4 Å². The van der Waals surface area contributed by atoms with Crippen molar-refractivity contribution in [2.45, 2.75) is 0 Å². The maximum atomic E-state index is 11.2. The Labute approximate surface area is 90.6 Å². The van der Waals surface area contributed by atoms with Gasteiger partial charge in [-0.3, -0.25) is 4.98 Å². The summed E-state index contributed by atoms with van der Waals surface area (Å²) in [4.78, 5) is 20.1. The molecular weight excluding hydrogens is 212 g/mol. The van der Waals surface area contributed by atoms with Crippen molar-refractivity contribution >= 4 is 17.3 Å². The highest BCUT2D eigenvalue weighted by atomic mass is 32.1. The van der Waals surface area contributed by atoms with Crippen LogP contribution in [0.2, 0.25) is 0 Å². The summed E-state index contributed by atoms with van der Waals surface area (Å²) in [5, 5.41) is 0.358. The molecule has 0 aliphatic carbocycles. The average molecular weight is 220 g/mol. The number of carbonyl (C=O) groups is 1. The van der Waals surface area contributed by atoms with E-state index in [1.807, 2.05) is 12.1 Å². The van der Waals surface area contributed by atoms with E-state index in [9.17, 15) is 4.79 Å². The highest BCUT2D eigenvalue weighted by molar-refractivity contribution is 7.16. The lowest BCUT2D eigenvalue weighted by Gasteiger charge is -1.93. The minimum atomic E-state index is -0.407. The fourth-order valence-electron chi connectivity index (χ4n) is 1.10. The van der Waals surface area contributed by atoms with E-state index >= 15 is 0 Å². The van der Waals surface area contributed by atoms with Gasteiger partial charge in [0.25, 0.3) is 0 Å². The number of carbonyl (C=O) groups excluding carboxylic acids is 1. The third kappa shape index (κ3) is 2.02. The Kier molecular flexibility index (Phi) is 2.73. The number of thiazole rings is 1. The van der Waals surface area contributed by atoms with Gasteiger partial charge in [0.2, 0.25) is 5.01 Å². The molecule has 0 saturated carbocycles. The maximum Gasteiger partial charge on any atom is 0.367 e. The van der Waals surface area contributed by atoms with Gasteiger partial charge in [0.05, 0.1) is 12.0 Å². The second kappa shape index (κ2) is 4.18. The Bertz CT molecular complexity index is 467. The molecule has 0 unspecified atom stereocenters. The van der Waals surface area contributed by atoms with Crippen molar-refractivity contribution < 1.29 is 9.53 Å². The molecule has 2 heterocycles. The monoisotopic (exact) mass is 220 g/mol. The minimum Gasteiger partial charge on any atom is -0.464 e. The first-order valence-corrected chi connectivity index (χ1v) is 5.07. The van der Waals surface area contributed by atoms with Gasteiger partial charge in [-0.1, -0.05) is 6.07 Å². The van der Waals surface area contributed by atoms with Crippen LogP contribution in [0.5, 0.6) is 0 Å². The number of hydrogen-bond donors (Lipinski definition) is 0. The number of nitrogens with zero attached hydrogens (tertiary/aromatic N) is 2. The van der Waals surface area contributed by atoms with E-state index in [1.54, 1.807) is 18.6 Å². The molecule has 2 rings (SSSR count). The molecule has 0 amide bonds. The zero-order valence-corrected chi connectivity index (χ0v) is 8.82. The molecule has 0 bridgehead atoms. The highest BCUT2D eigenvalue weighted by Crippen LogP contribution is 2.25. The molecule has 0 aliphatic heterocycles.